The lowest BCUT2D eigenvalue weighted by Crippen LogP contribution is -2.27. The highest BCUT2D eigenvalue weighted by Gasteiger charge is 2.26. The Morgan fingerprint density at radius 2 is 1.81 bits per heavy atom. The van der Waals surface area contributed by atoms with Crippen molar-refractivity contribution in [1.82, 2.24) is 5.32 Å². The molecule has 0 aliphatic carbocycles. The molecule has 0 saturated heterocycles. The van der Waals surface area contributed by atoms with E-state index < -0.39 is 16.6 Å². The minimum atomic E-state index is -0.604. The molecule has 1 aliphatic heterocycles. The first kappa shape index (κ1) is 18.4. The average Bonchev–Trinajstić information content (AvgIpc) is 2.94. The average molecular weight is 369 g/mol. The highest BCUT2D eigenvalue weighted by molar-refractivity contribution is 6.01. The summed E-state index contributed by atoms with van der Waals surface area (Å²) in [4.78, 5) is 34.4. The molecular formula is C19H19N3O5. The maximum absolute atomic E-state index is 11.9. The minimum absolute atomic E-state index is 0.142. The van der Waals surface area contributed by atoms with E-state index in [1.165, 1.54) is 12.1 Å². The predicted molar refractivity (Wildman–Crippen MR) is 99.6 cm³/mol. The molecule has 0 bridgehead atoms. The van der Waals surface area contributed by atoms with Crippen LogP contribution in [0.25, 0.3) is 11.1 Å². The first-order chi connectivity index (χ1) is 12.6. The molecule has 2 N–H and O–H groups in total. The molecule has 3 rings (SSSR count). The fraction of sp³-hybridized carbons (Fsp3) is 0.263. The van der Waals surface area contributed by atoms with Crippen LogP contribution in [-0.2, 0) is 11.3 Å². The molecule has 0 fully saturated rings. The predicted octanol–water partition coefficient (Wildman–Crippen LogP) is 3.85. The van der Waals surface area contributed by atoms with Crippen molar-refractivity contribution in [3.05, 3.63) is 57.6 Å². The van der Waals surface area contributed by atoms with Gasteiger partial charge >= 0.3 is 6.09 Å². The number of hydrogen-bond acceptors (Lipinski definition) is 5. The number of nitrogens with one attached hydrogen (secondary N) is 2. The summed E-state index contributed by atoms with van der Waals surface area (Å²) < 4.78 is 5.20. The summed E-state index contributed by atoms with van der Waals surface area (Å²) in [5.41, 5.74) is 2.14. The number of nitro benzene ring substituents is 1. The molecule has 8 nitrogen and oxygen atoms in total. The Hall–Kier alpha value is -3.42. The third-order valence-corrected chi connectivity index (χ3v) is 3.96. The molecule has 0 saturated carbocycles. The maximum atomic E-state index is 11.9. The number of nitrogens with zero attached hydrogens (tertiary/aromatic N) is 1. The second kappa shape index (κ2) is 6.71. The van der Waals surface area contributed by atoms with Crippen LogP contribution in [0, 0.1) is 10.1 Å². The SMILES string of the molecule is CC(C)(C)OC(=O)Nc1ccc(-c2cc([N+](=O)[O-])cc3c2CNC3=O)cc1. The zero-order valence-electron chi connectivity index (χ0n) is 15.2. The lowest BCUT2D eigenvalue weighted by Gasteiger charge is -2.19. The van der Waals surface area contributed by atoms with Crippen LogP contribution in [0.5, 0.6) is 0 Å². The van der Waals surface area contributed by atoms with Gasteiger partial charge in [0.05, 0.1) is 10.5 Å². The van der Waals surface area contributed by atoms with Crippen LogP contribution in [0.15, 0.2) is 36.4 Å². The van der Waals surface area contributed by atoms with Crippen LogP contribution in [-0.4, -0.2) is 22.5 Å². The Morgan fingerprint density at radius 3 is 2.41 bits per heavy atom. The summed E-state index contributed by atoms with van der Waals surface area (Å²) >= 11 is 0. The number of hydrogen-bond donors (Lipinski definition) is 2. The van der Waals surface area contributed by atoms with Crippen LogP contribution in [0.2, 0.25) is 0 Å². The lowest BCUT2D eigenvalue weighted by atomic mass is 9.96. The molecule has 2 aromatic rings. The molecule has 27 heavy (non-hydrogen) atoms. The number of carbonyl (C=O) groups excluding carboxylic acids is 2. The molecule has 2 aromatic carbocycles. The van der Waals surface area contributed by atoms with Crippen LogP contribution in [0.4, 0.5) is 16.2 Å². The Morgan fingerprint density at radius 1 is 1.19 bits per heavy atom. The highest BCUT2D eigenvalue weighted by Crippen LogP contribution is 2.34. The summed E-state index contributed by atoms with van der Waals surface area (Å²) in [7, 11) is 0. The van der Waals surface area contributed by atoms with Crippen LogP contribution in [0.1, 0.15) is 36.7 Å². The standard InChI is InChI=1S/C19H19N3O5/c1-19(2,3)27-18(24)21-12-6-4-11(5-7-12)14-8-13(22(25)26)9-15-16(14)10-20-17(15)23/h4-9H,10H2,1-3H3,(H,20,23)(H,21,24). The van der Waals surface area contributed by atoms with Crippen molar-refractivity contribution >= 4 is 23.4 Å². The number of non-ortho nitro benzene ring substituents is 1. The molecule has 0 spiro atoms. The van der Waals surface area contributed by atoms with Crippen LogP contribution >= 0.6 is 0 Å². The fourth-order valence-corrected chi connectivity index (χ4v) is 2.83. The van der Waals surface area contributed by atoms with Gasteiger partial charge in [0.15, 0.2) is 0 Å². The lowest BCUT2D eigenvalue weighted by molar-refractivity contribution is -0.384. The topological polar surface area (TPSA) is 111 Å². The smallest absolute Gasteiger partial charge is 0.412 e. The van der Waals surface area contributed by atoms with Crippen LogP contribution < -0.4 is 10.6 Å². The number of fused-ring (bicyclic) bond motifs is 1. The van der Waals surface area contributed by atoms with Gasteiger partial charge in [0.1, 0.15) is 5.60 Å². The van der Waals surface area contributed by atoms with Crippen molar-refractivity contribution in [3.63, 3.8) is 0 Å². The molecule has 2 amide bonds. The van der Waals surface area contributed by atoms with E-state index in [4.69, 9.17) is 4.74 Å². The molecule has 0 unspecified atom stereocenters. The summed E-state index contributed by atoms with van der Waals surface area (Å²) in [6.45, 7) is 5.63. The second-order valence-corrected chi connectivity index (χ2v) is 7.16. The highest BCUT2D eigenvalue weighted by atomic mass is 16.6. The monoisotopic (exact) mass is 369 g/mol. The van der Waals surface area contributed by atoms with E-state index in [2.05, 4.69) is 10.6 Å². The quantitative estimate of drug-likeness (QED) is 0.630. The van der Waals surface area contributed by atoms with Gasteiger partial charge in [-0.1, -0.05) is 12.1 Å². The van der Waals surface area contributed by atoms with Crippen molar-refractivity contribution < 1.29 is 19.2 Å². The fourth-order valence-electron chi connectivity index (χ4n) is 2.83. The van der Waals surface area contributed by atoms with Gasteiger partial charge < -0.3 is 10.1 Å². The van der Waals surface area contributed by atoms with Gasteiger partial charge in [0.25, 0.3) is 11.6 Å². The van der Waals surface area contributed by atoms with E-state index in [1.54, 1.807) is 45.0 Å². The molecule has 0 atom stereocenters. The third kappa shape index (κ3) is 4.05. The zero-order chi connectivity index (χ0) is 19.8. The molecule has 8 heteroatoms. The Labute approximate surface area is 155 Å². The van der Waals surface area contributed by atoms with Gasteiger partial charge in [0, 0.05) is 24.4 Å². The van der Waals surface area contributed by atoms with E-state index in [-0.39, 0.29) is 11.6 Å². The second-order valence-electron chi connectivity index (χ2n) is 7.16. The van der Waals surface area contributed by atoms with Gasteiger partial charge in [-0.3, -0.25) is 20.2 Å². The van der Waals surface area contributed by atoms with Gasteiger partial charge in [-0.15, -0.1) is 0 Å². The summed E-state index contributed by atoms with van der Waals surface area (Å²) in [6.07, 6.45) is -0.568. The molecule has 0 aromatic heterocycles. The Balaban J connectivity index is 1.90. The number of anilines is 1. The normalized spacial score (nSPS) is 12.9. The number of rotatable bonds is 3. The first-order valence-corrected chi connectivity index (χ1v) is 8.34. The van der Waals surface area contributed by atoms with Gasteiger partial charge in [-0.25, -0.2) is 4.79 Å². The van der Waals surface area contributed by atoms with E-state index in [0.29, 0.717) is 28.9 Å². The first-order valence-electron chi connectivity index (χ1n) is 8.34. The summed E-state index contributed by atoms with van der Waals surface area (Å²) in [5.74, 6) is -0.321. The third-order valence-electron chi connectivity index (χ3n) is 3.96. The van der Waals surface area contributed by atoms with Crippen molar-refractivity contribution in [1.29, 1.82) is 0 Å². The number of benzene rings is 2. The van der Waals surface area contributed by atoms with E-state index in [9.17, 15) is 19.7 Å². The molecule has 1 aliphatic rings. The molecule has 0 radical (unpaired) electrons. The van der Waals surface area contributed by atoms with E-state index in [1.807, 2.05) is 0 Å². The summed E-state index contributed by atoms with van der Waals surface area (Å²) in [6, 6.07) is 9.56. The Kier molecular flexibility index (Phi) is 4.57. The largest absolute Gasteiger partial charge is 0.444 e. The molecule has 140 valence electrons. The van der Waals surface area contributed by atoms with Gasteiger partial charge in [-0.05, 0) is 49.6 Å². The van der Waals surface area contributed by atoms with Crippen LogP contribution in [0.3, 0.4) is 0 Å². The minimum Gasteiger partial charge on any atom is -0.444 e. The number of amides is 2. The Bertz CT molecular complexity index is 930. The van der Waals surface area contributed by atoms with Gasteiger partial charge in [0.2, 0.25) is 0 Å². The summed E-state index contributed by atoms with van der Waals surface area (Å²) in [5, 5.41) is 16.5. The number of ether oxygens (including phenoxy) is 1. The van der Waals surface area contributed by atoms with Crippen molar-refractivity contribution in [2.45, 2.75) is 32.9 Å². The van der Waals surface area contributed by atoms with E-state index >= 15 is 0 Å². The number of carbonyl (C=O) groups is 2. The van der Waals surface area contributed by atoms with Crippen molar-refractivity contribution in [3.8, 4) is 11.1 Å². The maximum Gasteiger partial charge on any atom is 0.412 e. The zero-order valence-corrected chi connectivity index (χ0v) is 15.2. The van der Waals surface area contributed by atoms with Gasteiger partial charge in [-0.2, -0.15) is 0 Å². The number of nitro groups is 1. The van der Waals surface area contributed by atoms with Crippen molar-refractivity contribution in [2.75, 3.05) is 5.32 Å². The molecular weight excluding hydrogens is 350 g/mol. The van der Waals surface area contributed by atoms with Crippen molar-refractivity contribution in [2.24, 2.45) is 0 Å². The molecule has 1 heterocycles. The van der Waals surface area contributed by atoms with E-state index in [0.717, 1.165) is 5.56 Å².